The molecule has 0 spiro atoms. The van der Waals surface area contributed by atoms with Gasteiger partial charge >= 0.3 is 0 Å². The second kappa shape index (κ2) is 14.3. The Morgan fingerprint density at radius 3 is 1.39 bits per heavy atom. The molecule has 2 heterocycles. The van der Waals surface area contributed by atoms with Gasteiger partial charge in [0.05, 0.1) is 50.3 Å². The van der Waals surface area contributed by atoms with E-state index < -0.39 is 0 Å². The summed E-state index contributed by atoms with van der Waals surface area (Å²) in [5, 5.41) is 5.54. The summed E-state index contributed by atoms with van der Waals surface area (Å²) in [7, 11) is 0. The molecule has 0 saturated carbocycles. The number of amides is 2. The van der Waals surface area contributed by atoms with Crippen LogP contribution in [0.4, 0.5) is 11.4 Å². The molecule has 0 atom stereocenters. The van der Waals surface area contributed by atoms with Crippen LogP contribution in [0.5, 0.6) is 11.5 Å². The molecule has 38 heavy (non-hydrogen) atoms. The van der Waals surface area contributed by atoms with E-state index >= 15 is 0 Å². The number of hydrogen-bond donors (Lipinski definition) is 2. The van der Waals surface area contributed by atoms with E-state index in [0.717, 1.165) is 0 Å². The first-order valence-electron chi connectivity index (χ1n) is 12.0. The highest BCUT2D eigenvalue weighted by atomic mass is 16.6. The molecule has 0 aliphatic heterocycles. The van der Waals surface area contributed by atoms with Gasteiger partial charge in [-0.15, -0.1) is 0 Å². The van der Waals surface area contributed by atoms with E-state index in [2.05, 4.69) is 10.6 Å². The number of nitrogens with one attached hydrogen (secondary N) is 2. The maximum absolute atomic E-state index is 12.2. The maximum Gasteiger partial charge on any atom is 0.291 e. The van der Waals surface area contributed by atoms with Gasteiger partial charge in [0.2, 0.25) is 0 Å². The average molecular weight is 521 g/mol. The molecule has 4 rings (SSSR count). The van der Waals surface area contributed by atoms with E-state index in [9.17, 15) is 9.59 Å². The van der Waals surface area contributed by atoms with Crippen LogP contribution in [-0.2, 0) is 9.47 Å². The Balaban J connectivity index is 1.08. The van der Waals surface area contributed by atoms with E-state index in [-0.39, 0.29) is 23.3 Å². The summed E-state index contributed by atoms with van der Waals surface area (Å²) in [5.74, 6) is 0.787. The highest BCUT2D eigenvalue weighted by Gasteiger charge is 2.13. The number of ether oxygens (including phenoxy) is 4. The van der Waals surface area contributed by atoms with Crippen molar-refractivity contribution in [2.24, 2.45) is 0 Å². The van der Waals surface area contributed by atoms with Gasteiger partial charge in [-0.2, -0.15) is 0 Å². The molecule has 0 radical (unpaired) electrons. The van der Waals surface area contributed by atoms with E-state index in [1.807, 2.05) is 12.1 Å². The van der Waals surface area contributed by atoms with Crippen molar-refractivity contribution in [2.45, 2.75) is 0 Å². The highest BCUT2D eigenvalue weighted by Crippen LogP contribution is 2.25. The molecule has 198 valence electrons. The maximum atomic E-state index is 12.2. The van der Waals surface area contributed by atoms with Crippen LogP contribution in [0.3, 0.4) is 0 Å². The van der Waals surface area contributed by atoms with E-state index in [1.54, 1.807) is 60.7 Å². The second-order valence-corrected chi connectivity index (χ2v) is 7.78. The topological polar surface area (TPSA) is 121 Å². The standard InChI is InChI=1S/C28H28N2O8/c31-27(25-11-5-13-35-25)29-21-7-1-3-9-23(21)37-19-17-33-15-16-34-18-20-38-24-10-4-2-8-22(24)30-28(32)26-12-6-14-36-26/h1-14H,15-20H2,(H,29,31)(H,30,32). The van der Waals surface area contributed by atoms with Gasteiger partial charge in [0.1, 0.15) is 24.7 Å². The molecule has 0 unspecified atom stereocenters. The number of carbonyl (C=O) groups is 2. The zero-order valence-corrected chi connectivity index (χ0v) is 20.6. The molecule has 0 bridgehead atoms. The summed E-state index contributed by atoms with van der Waals surface area (Å²) < 4.78 is 32.8. The predicted molar refractivity (Wildman–Crippen MR) is 139 cm³/mol. The van der Waals surface area contributed by atoms with Gasteiger partial charge in [0, 0.05) is 0 Å². The summed E-state index contributed by atoms with van der Waals surface area (Å²) in [6.07, 6.45) is 2.88. The lowest BCUT2D eigenvalue weighted by molar-refractivity contribution is 0.0275. The van der Waals surface area contributed by atoms with Gasteiger partial charge in [0.25, 0.3) is 11.8 Å². The highest BCUT2D eigenvalue weighted by molar-refractivity contribution is 6.03. The van der Waals surface area contributed by atoms with Crippen LogP contribution < -0.4 is 20.1 Å². The molecule has 0 saturated heterocycles. The Morgan fingerprint density at radius 1 is 0.553 bits per heavy atom. The summed E-state index contributed by atoms with van der Waals surface area (Å²) in [5.41, 5.74) is 1.08. The third-order valence-corrected chi connectivity index (χ3v) is 5.10. The van der Waals surface area contributed by atoms with E-state index in [4.69, 9.17) is 27.8 Å². The monoisotopic (exact) mass is 520 g/mol. The molecule has 10 heteroatoms. The first-order valence-corrected chi connectivity index (χ1v) is 12.0. The molecular formula is C28H28N2O8. The fourth-order valence-corrected chi connectivity index (χ4v) is 3.32. The molecule has 10 nitrogen and oxygen atoms in total. The van der Waals surface area contributed by atoms with Crippen molar-refractivity contribution in [3.63, 3.8) is 0 Å². The average Bonchev–Trinajstić information content (AvgIpc) is 3.67. The zero-order chi connectivity index (χ0) is 26.4. The van der Waals surface area contributed by atoms with Crippen molar-refractivity contribution >= 4 is 23.2 Å². The van der Waals surface area contributed by atoms with Crippen molar-refractivity contribution in [1.82, 2.24) is 0 Å². The quantitative estimate of drug-likeness (QED) is 0.213. The van der Waals surface area contributed by atoms with Gasteiger partial charge in [-0.3, -0.25) is 9.59 Å². The number of para-hydroxylation sites is 4. The number of hydrogen-bond acceptors (Lipinski definition) is 8. The minimum atomic E-state index is -0.356. The third kappa shape index (κ3) is 7.99. The van der Waals surface area contributed by atoms with Crippen LogP contribution >= 0.6 is 0 Å². The molecule has 2 aromatic carbocycles. The third-order valence-electron chi connectivity index (χ3n) is 5.10. The lowest BCUT2D eigenvalue weighted by Gasteiger charge is -2.13. The van der Waals surface area contributed by atoms with Crippen molar-refractivity contribution in [1.29, 1.82) is 0 Å². The SMILES string of the molecule is O=C(Nc1ccccc1OCCOCCOCCOc1ccccc1NC(=O)c1ccco1)c1ccco1. The van der Waals surface area contributed by atoms with Crippen LogP contribution in [0.15, 0.2) is 94.2 Å². The van der Waals surface area contributed by atoms with Crippen LogP contribution in [0.25, 0.3) is 0 Å². The van der Waals surface area contributed by atoms with Crippen molar-refractivity contribution in [3.05, 3.63) is 96.8 Å². The Hall–Kier alpha value is -4.54. The fourth-order valence-electron chi connectivity index (χ4n) is 3.32. The molecule has 0 fully saturated rings. The normalized spacial score (nSPS) is 10.6. The predicted octanol–water partition coefficient (Wildman–Crippen LogP) is 4.87. The summed E-state index contributed by atoms with van der Waals surface area (Å²) in [6.45, 7) is 2.08. The number of carbonyl (C=O) groups excluding carboxylic acids is 2. The lowest BCUT2D eigenvalue weighted by atomic mass is 10.3. The number of anilines is 2. The first kappa shape index (κ1) is 26.5. The van der Waals surface area contributed by atoms with Crippen LogP contribution in [0.2, 0.25) is 0 Å². The minimum Gasteiger partial charge on any atom is -0.489 e. The summed E-state index contributed by atoms with van der Waals surface area (Å²) in [4.78, 5) is 24.4. The van der Waals surface area contributed by atoms with Crippen LogP contribution in [0.1, 0.15) is 21.1 Å². The number of rotatable bonds is 15. The molecule has 2 aromatic heterocycles. The Bertz CT molecular complexity index is 1170. The Kier molecular flexibility index (Phi) is 9.95. The van der Waals surface area contributed by atoms with Gasteiger partial charge in [0.15, 0.2) is 11.5 Å². The number of furan rings is 2. The molecule has 2 N–H and O–H groups in total. The molecule has 0 aliphatic rings. The van der Waals surface area contributed by atoms with Crippen LogP contribution in [0, 0.1) is 0 Å². The second-order valence-electron chi connectivity index (χ2n) is 7.78. The largest absolute Gasteiger partial charge is 0.489 e. The van der Waals surface area contributed by atoms with Gasteiger partial charge in [-0.1, -0.05) is 24.3 Å². The van der Waals surface area contributed by atoms with Crippen molar-refractivity contribution < 1.29 is 37.4 Å². The van der Waals surface area contributed by atoms with Gasteiger partial charge in [-0.05, 0) is 48.5 Å². The zero-order valence-electron chi connectivity index (χ0n) is 20.6. The fraction of sp³-hybridized carbons (Fsp3) is 0.214. The Labute approximate surface area is 219 Å². The number of benzene rings is 2. The summed E-state index contributed by atoms with van der Waals surface area (Å²) in [6, 6.07) is 20.7. The molecule has 4 aromatic rings. The Morgan fingerprint density at radius 2 is 0.974 bits per heavy atom. The van der Waals surface area contributed by atoms with Gasteiger partial charge < -0.3 is 38.4 Å². The van der Waals surface area contributed by atoms with Crippen LogP contribution in [-0.4, -0.2) is 51.5 Å². The lowest BCUT2D eigenvalue weighted by Crippen LogP contribution is -2.15. The first-order chi connectivity index (χ1) is 18.7. The van der Waals surface area contributed by atoms with Crippen molar-refractivity contribution in [2.75, 3.05) is 50.3 Å². The van der Waals surface area contributed by atoms with Gasteiger partial charge in [-0.25, -0.2) is 0 Å². The minimum absolute atomic E-state index is 0.217. The van der Waals surface area contributed by atoms with Crippen molar-refractivity contribution in [3.8, 4) is 11.5 Å². The van der Waals surface area contributed by atoms with E-state index in [0.29, 0.717) is 62.5 Å². The van der Waals surface area contributed by atoms with E-state index in [1.165, 1.54) is 12.5 Å². The molecule has 2 amide bonds. The molecule has 0 aliphatic carbocycles. The summed E-state index contributed by atoms with van der Waals surface area (Å²) >= 11 is 0. The smallest absolute Gasteiger partial charge is 0.291 e. The molecular weight excluding hydrogens is 492 g/mol.